The number of hydrogen-bond acceptors (Lipinski definition) is 5. The van der Waals surface area contributed by atoms with E-state index >= 15 is 0 Å². The summed E-state index contributed by atoms with van der Waals surface area (Å²) in [7, 11) is 1.28. The molecular weight excluding hydrogens is 291 g/mol. The van der Waals surface area contributed by atoms with Crippen LogP contribution in [0.15, 0.2) is 29.7 Å². The molecule has 0 fully saturated rings. The number of halogens is 3. The zero-order chi connectivity index (χ0) is 14.8. The van der Waals surface area contributed by atoms with Gasteiger partial charge in [-0.3, -0.25) is 4.98 Å². The Morgan fingerprint density at radius 3 is 2.70 bits per heavy atom. The van der Waals surface area contributed by atoms with Gasteiger partial charge in [0.2, 0.25) is 0 Å². The highest BCUT2D eigenvalue weighted by Crippen LogP contribution is 2.37. The molecule has 0 radical (unpaired) electrons. The van der Waals surface area contributed by atoms with Gasteiger partial charge >= 0.3 is 6.18 Å². The number of oxime groups is 1. The summed E-state index contributed by atoms with van der Waals surface area (Å²) in [4.78, 5) is 12.0. The van der Waals surface area contributed by atoms with Gasteiger partial charge < -0.3 is 4.84 Å². The van der Waals surface area contributed by atoms with Crippen LogP contribution in [0.5, 0.6) is 0 Å². The van der Waals surface area contributed by atoms with Crippen molar-refractivity contribution >= 4 is 17.0 Å². The van der Waals surface area contributed by atoms with Crippen LogP contribution in [0.3, 0.4) is 0 Å². The van der Waals surface area contributed by atoms with E-state index in [4.69, 9.17) is 0 Å². The Labute approximate surface area is 116 Å². The van der Waals surface area contributed by atoms with E-state index in [9.17, 15) is 13.2 Å². The lowest BCUT2D eigenvalue weighted by Crippen LogP contribution is -2.11. The van der Waals surface area contributed by atoms with Crippen molar-refractivity contribution in [3.05, 3.63) is 35.1 Å². The first-order chi connectivity index (χ1) is 9.43. The van der Waals surface area contributed by atoms with E-state index in [1.54, 1.807) is 18.3 Å². The molecule has 0 aromatic carbocycles. The predicted molar refractivity (Wildman–Crippen MR) is 69.6 cm³/mol. The van der Waals surface area contributed by atoms with Gasteiger partial charge in [0.1, 0.15) is 12.1 Å². The molecule has 0 N–H and O–H groups in total. The Morgan fingerprint density at radius 2 is 2.15 bits per heavy atom. The second-order valence-electron chi connectivity index (χ2n) is 3.80. The van der Waals surface area contributed by atoms with E-state index in [0.29, 0.717) is 5.56 Å². The third-order valence-corrected chi connectivity index (χ3v) is 3.57. The van der Waals surface area contributed by atoms with Crippen LogP contribution in [0.2, 0.25) is 0 Å². The minimum atomic E-state index is -4.54. The van der Waals surface area contributed by atoms with E-state index in [1.807, 2.05) is 0 Å². The molecule has 0 aliphatic heterocycles. The second kappa shape index (κ2) is 5.58. The van der Waals surface area contributed by atoms with Crippen LogP contribution < -0.4 is 0 Å². The van der Waals surface area contributed by atoms with Gasteiger partial charge in [-0.25, -0.2) is 4.98 Å². The van der Waals surface area contributed by atoms with Crippen molar-refractivity contribution < 1.29 is 18.0 Å². The molecule has 0 saturated carbocycles. The molecule has 0 unspecified atom stereocenters. The van der Waals surface area contributed by atoms with Gasteiger partial charge in [-0.05, 0) is 19.1 Å². The lowest BCUT2D eigenvalue weighted by Gasteiger charge is -2.04. The third-order valence-electron chi connectivity index (χ3n) is 2.36. The van der Waals surface area contributed by atoms with Crippen molar-refractivity contribution in [1.29, 1.82) is 0 Å². The fraction of sp³-hybridized carbons (Fsp3) is 0.250. The van der Waals surface area contributed by atoms with Crippen molar-refractivity contribution in [2.45, 2.75) is 13.1 Å². The Morgan fingerprint density at radius 1 is 1.40 bits per heavy atom. The Bertz CT molecular complexity index is 623. The number of aromatic nitrogens is 2. The smallest absolute Gasteiger partial charge is 0.399 e. The van der Waals surface area contributed by atoms with E-state index in [1.165, 1.54) is 20.2 Å². The van der Waals surface area contributed by atoms with Crippen molar-refractivity contribution in [3.63, 3.8) is 0 Å². The number of pyridine rings is 1. The van der Waals surface area contributed by atoms with Crippen LogP contribution >= 0.6 is 11.3 Å². The lowest BCUT2D eigenvalue weighted by atomic mass is 10.2. The zero-order valence-corrected chi connectivity index (χ0v) is 11.4. The van der Waals surface area contributed by atoms with Gasteiger partial charge in [-0.15, -0.1) is 11.3 Å². The molecular formula is C12H10F3N3OS. The molecule has 0 aliphatic rings. The average molecular weight is 301 g/mol. The molecule has 0 aliphatic carbocycles. The number of alkyl halides is 3. The highest BCUT2D eigenvalue weighted by Gasteiger charge is 2.38. The first-order valence-corrected chi connectivity index (χ1v) is 6.31. The van der Waals surface area contributed by atoms with Crippen molar-refractivity contribution in [2.75, 3.05) is 7.11 Å². The van der Waals surface area contributed by atoms with Crippen LogP contribution in [-0.2, 0) is 11.0 Å². The first-order valence-electron chi connectivity index (χ1n) is 5.50. The molecule has 8 heteroatoms. The maximum Gasteiger partial charge on any atom is 0.434 e. The van der Waals surface area contributed by atoms with Gasteiger partial charge in [-0.2, -0.15) is 13.2 Å². The standard InChI is InChI=1S/C12H10F3N3OS/c1-7(18-19-2)9-10(12(13,14)15)17-11(20-9)8-4-3-5-16-6-8/h3-6H,1-2H3/b18-7+. The Balaban J connectivity index is 2.56. The molecule has 106 valence electrons. The minimum Gasteiger partial charge on any atom is -0.399 e. The lowest BCUT2D eigenvalue weighted by molar-refractivity contribution is -0.140. The molecule has 2 aromatic heterocycles. The quantitative estimate of drug-likeness (QED) is 0.643. The Hall–Kier alpha value is -1.96. The first kappa shape index (κ1) is 14.4. The minimum absolute atomic E-state index is 0.0572. The van der Waals surface area contributed by atoms with Gasteiger partial charge in [-0.1, -0.05) is 5.16 Å². The average Bonchev–Trinajstić information content (AvgIpc) is 2.85. The van der Waals surface area contributed by atoms with E-state index in [-0.39, 0.29) is 15.6 Å². The SMILES string of the molecule is CO/N=C(\C)c1sc(-c2cccnc2)nc1C(F)(F)F. The largest absolute Gasteiger partial charge is 0.434 e. The summed E-state index contributed by atoms with van der Waals surface area (Å²) in [5.74, 6) is 0. The maximum absolute atomic E-state index is 13.0. The fourth-order valence-electron chi connectivity index (χ4n) is 1.55. The molecule has 2 aromatic rings. The highest BCUT2D eigenvalue weighted by atomic mass is 32.1. The summed E-state index contributed by atoms with van der Waals surface area (Å²) in [5.41, 5.74) is -0.299. The van der Waals surface area contributed by atoms with E-state index in [0.717, 1.165) is 11.3 Å². The molecule has 2 rings (SSSR count). The highest BCUT2D eigenvalue weighted by molar-refractivity contribution is 7.17. The van der Waals surface area contributed by atoms with Gasteiger partial charge in [0.15, 0.2) is 5.69 Å². The van der Waals surface area contributed by atoms with Crippen molar-refractivity contribution in [2.24, 2.45) is 5.16 Å². The summed E-state index contributed by atoms with van der Waals surface area (Å²) < 4.78 is 39.0. The summed E-state index contributed by atoms with van der Waals surface area (Å²) in [6.45, 7) is 1.44. The summed E-state index contributed by atoms with van der Waals surface area (Å²) in [6.07, 6.45) is -1.54. The summed E-state index contributed by atoms with van der Waals surface area (Å²) in [5, 5.41) is 3.79. The van der Waals surface area contributed by atoms with Crippen LogP contribution in [0.25, 0.3) is 10.6 Å². The molecule has 0 amide bonds. The summed E-state index contributed by atoms with van der Waals surface area (Å²) in [6, 6.07) is 3.29. The maximum atomic E-state index is 13.0. The predicted octanol–water partition coefficient (Wildman–Crippen LogP) is 3.59. The van der Waals surface area contributed by atoms with Crippen molar-refractivity contribution in [3.8, 4) is 10.6 Å². The van der Waals surface area contributed by atoms with Gasteiger partial charge in [0, 0.05) is 18.0 Å². The molecule has 0 bridgehead atoms. The Kier molecular flexibility index (Phi) is 4.03. The number of nitrogens with zero attached hydrogens (tertiary/aromatic N) is 3. The van der Waals surface area contributed by atoms with Crippen LogP contribution in [0.4, 0.5) is 13.2 Å². The fourth-order valence-corrected chi connectivity index (χ4v) is 2.56. The van der Waals surface area contributed by atoms with Gasteiger partial charge in [0.05, 0.1) is 10.6 Å². The van der Waals surface area contributed by atoms with E-state index in [2.05, 4.69) is 20.0 Å². The number of thiazole rings is 1. The zero-order valence-electron chi connectivity index (χ0n) is 10.6. The number of hydrogen-bond donors (Lipinski definition) is 0. The second-order valence-corrected chi connectivity index (χ2v) is 4.79. The summed E-state index contributed by atoms with van der Waals surface area (Å²) >= 11 is 0.906. The third kappa shape index (κ3) is 2.96. The topological polar surface area (TPSA) is 47.4 Å². The number of rotatable bonds is 3. The molecule has 20 heavy (non-hydrogen) atoms. The van der Waals surface area contributed by atoms with E-state index < -0.39 is 11.9 Å². The molecule has 0 atom stereocenters. The monoisotopic (exact) mass is 301 g/mol. The molecule has 0 spiro atoms. The van der Waals surface area contributed by atoms with Crippen LogP contribution in [0, 0.1) is 0 Å². The molecule has 0 saturated heterocycles. The van der Waals surface area contributed by atoms with Gasteiger partial charge in [0.25, 0.3) is 0 Å². The van der Waals surface area contributed by atoms with Crippen LogP contribution in [-0.4, -0.2) is 22.8 Å². The van der Waals surface area contributed by atoms with Crippen molar-refractivity contribution in [1.82, 2.24) is 9.97 Å². The molecule has 4 nitrogen and oxygen atoms in total. The normalized spacial score (nSPS) is 12.6. The molecule has 2 heterocycles. The van der Waals surface area contributed by atoms with Crippen LogP contribution in [0.1, 0.15) is 17.5 Å².